The predicted octanol–water partition coefficient (Wildman–Crippen LogP) is 1.24. The first-order valence-electron chi connectivity index (χ1n) is 11.8. The smallest absolute Gasteiger partial charge is 0.248 e. The Balaban J connectivity index is 1.08. The van der Waals surface area contributed by atoms with Gasteiger partial charge in [0, 0.05) is 54.1 Å². The van der Waals surface area contributed by atoms with E-state index in [1.165, 1.54) is 26.7 Å². The molecule has 5 rings (SSSR count). The number of fused-ring (bicyclic) bond motifs is 2. The van der Waals surface area contributed by atoms with Gasteiger partial charge in [0.2, 0.25) is 5.56 Å². The lowest BCUT2D eigenvalue weighted by atomic mass is 9.84. The SMILES string of the molecule is Bc1cc(B)c2sccc2c1N1CCN(CCCCOc2ccc3ccc(=O)[nH]c3c2)CC1. The highest BCUT2D eigenvalue weighted by Crippen LogP contribution is 2.28. The third-order valence-corrected chi connectivity index (χ3v) is 7.66. The normalized spacial score (nSPS) is 14.8. The maximum atomic E-state index is 11.5. The molecule has 5 nitrogen and oxygen atoms in total. The van der Waals surface area contributed by atoms with Crippen molar-refractivity contribution in [3.05, 3.63) is 58.2 Å². The topological polar surface area (TPSA) is 48.6 Å². The van der Waals surface area contributed by atoms with Gasteiger partial charge < -0.3 is 14.6 Å². The van der Waals surface area contributed by atoms with Crippen LogP contribution in [0.3, 0.4) is 0 Å². The maximum Gasteiger partial charge on any atom is 0.248 e. The largest absolute Gasteiger partial charge is 0.494 e. The number of nitrogens with one attached hydrogen (secondary N) is 1. The molecule has 0 atom stereocenters. The summed E-state index contributed by atoms with van der Waals surface area (Å²) in [7, 11) is 4.47. The summed E-state index contributed by atoms with van der Waals surface area (Å²) >= 11 is 1.85. The molecule has 0 bridgehead atoms. The molecule has 0 unspecified atom stereocenters. The van der Waals surface area contributed by atoms with E-state index in [1.807, 2.05) is 35.6 Å². The van der Waals surface area contributed by atoms with E-state index < -0.39 is 0 Å². The standard InChI is InChI=1S/C25H29B2N3O2S/c26-20-16-21(27)25-19(7-14-33-25)24(20)30-11-9-29(10-12-30)8-1-2-13-32-18-5-3-17-4-6-23(31)28-22(17)15-18/h3-7,14-16H,1-2,8-13,26-27H2,(H,28,31). The fourth-order valence-electron chi connectivity index (χ4n) is 4.93. The quantitative estimate of drug-likeness (QED) is 0.335. The molecule has 2 aromatic carbocycles. The van der Waals surface area contributed by atoms with Crippen LogP contribution in [-0.2, 0) is 0 Å². The maximum absolute atomic E-state index is 11.5. The lowest BCUT2D eigenvalue weighted by Crippen LogP contribution is -2.48. The molecular formula is C25H29B2N3O2S. The predicted molar refractivity (Wildman–Crippen MR) is 146 cm³/mol. The van der Waals surface area contributed by atoms with E-state index >= 15 is 0 Å². The highest BCUT2D eigenvalue weighted by molar-refractivity contribution is 7.18. The van der Waals surface area contributed by atoms with Crippen LogP contribution in [0.1, 0.15) is 12.8 Å². The molecule has 0 saturated carbocycles. The van der Waals surface area contributed by atoms with E-state index in [1.54, 1.807) is 6.07 Å². The molecule has 1 aliphatic heterocycles. The molecule has 1 N–H and O–H groups in total. The number of H-pyrrole nitrogens is 1. The van der Waals surface area contributed by atoms with Crippen LogP contribution >= 0.6 is 11.3 Å². The van der Waals surface area contributed by atoms with Gasteiger partial charge in [-0.05, 0) is 54.4 Å². The minimum atomic E-state index is -0.0861. The van der Waals surface area contributed by atoms with Crippen LogP contribution in [-0.4, -0.2) is 64.9 Å². The molecule has 1 saturated heterocycles. The van der Waals surface area contributed by atoms with E-state index in [9.17, 15) is 4.79 Å². The van der Waals surface area contributed by atoms with Crippen LogP contribution in [0.4, 0.5) is 5.69 Å². The van der Waals surface area contributed by atoms with Crippen molar-refractivity contribution in [1.82, 2.24) is 9.88 Å². The van der Waals surface area contributed by atoms with E-state index in [2.05, 4.69) is 48.0 Å². The summed E-state index contributed by atoms with van der Waals surface area (Å²) in [4.78, 5) is 19.5. The fourth-order valence-corrected chi connectivity index (χ4v) is 5.81. The van der Waals surface area contributed by atoms with Gasteiger partial charge in [0.05, 0.1) is 12.1 Å². The van der Waals surface area contributed by atoms with E-state index in [4.69, 9.17) is 4.74 Å². The van der Waals surface area contributed by atoms with Gasteiger partial charge in [-0.1, -0.05) is 17.0 Å². The van der Waals surface area contributed by atoms with Crippen LogP contribution < -0.4 is 26.1 Å². The number of ether oxygens (including phenoxy) is 1. The van der Waals surface area contributed by atoms with Gasteiger partial charge in [0.1, 0.15) is 21.4 Å². The number of unbranched alkanes of at least 4 members (excludes halogenated alkanes) is 1. The number of hydrogen-bond donors (Lipinski definition) is 1. The molecule has 0 spiro atoms. The molecule has 33 heavy (non-hydrogen) atoms. The lowest BCUT2D eigenvalue weighted by molar-refractivity contribution is 0.239. The van der Waals surface area contributed by atoms with Gasteiger partial charge in [-0.2, -0.15) is 0 Å². The van der Waals surface area contributed by atoms with Crippen molar-refractivity contribution in [3.63, 3.8) is 0 Å². The number of aromatic nitrogens is 1. The lowest BCUT2D eigenvalue weighted by Gasteiger charge is -2.37. The fraction of sp³-hybridized carbons (Fsp3) is 0.320. The number of pyridine rings is 1. The number of anilines is 1. The molecule has 4 aromatic rings. The molecule has 2 aromatic heterocycles. The average Bonchev–Trinajstić information content (AvgIpc) is 3.30. The zero-order valence-corrected chi connectivity index (χ0v) is 20.2. The molecule has 1 fully saturated rings. The summed E-state index contributed by atoms with van der Waals surface area (Å²) in [5.74, 6) is 0.811. The Morgan fingerprint density at radius 2 is 1.79 bits per heavy atom. The molecular weight excluding hydrogens is 428 g/mol. The van der Waals surface area contributed by atoms with Gasteiger partial charge in [0.25, 0.3) is 0 Å². The third-order valence-electron chi connectivity index (χ3n) is 6.61. The Hall–Kier alpha value is -2.70. The molecule has 1 aliphatic rings. The van der Waals surface area contributed by atoms with Crippen molar-refractivity contribution in [2.24, 2.45) is 0 Å². The van der Waals surface area contributed by atoms with Gasteiger partial charge >= 0.3 is 0 Å². The number of benzene rings is 2. The van der Waals surface area contributed by atoms with E-state index in [0.717, 1.165) is 62.2 Å². The summed E-state index contributed by atoms with van der Waals surface area (Å²) in [5.41, 5.74) is 4.95. The first-order valence-corrected chi connectivity index (χ1v) is 12.7. The minimum absolute atomic E-state index is 0.0861. The average molecular weight is 457 g/mol. The number of aromatic amines is 1. The minimum Gasteiger partial charge on any atom is -0.494 e. The van der Waals surface area contributed by atoms with Crippen molar-refractivity contribution in [2.75, 3.05) is 44.2 Å². The second-order valence-electron chi connectivity index (χ2n) is 8.98. The molecule has 8 heteroatoms. The number of rotatable bonds is 7. The number of piperazine rings is 1. The van der Waals surface area contributed by atoms with Crippen LogP contribution in [0.15, 0.2) is 52.6 Å². The van der Waals surface area contributed by atoms with E-state index in [-0.39, 0.29) is 5.56 Å². The van der Waals surface area contributed by atoms with Gasteiger partial charge in [-0.3, -0.25) is 9.69 Å². The first-order chi connectivity index (χ1) is 16.1. The number of hydrogen-bond acceptors (Lipinski definition) is 5. The van der Waals surface area contributed by atoms with Crippen LogP contribution in [0.25, 0.3) is 21.0 Å². The van der Waals surface area contributed by atoms with Crippen molar-refractivity contribution in [3.8, 4) is 5.75 Å². The van der Waals surface area contributed by atoms with E-state index in [0.29, 0.717) is 6.61 Å². The summed E-state index contributed by atoms with van der Waals surface area (Å²) in [6.45, 7) is 6.20. The van der Waals surface area contributed by atoms with Crippen molar-refractivity contribution < 1.29 is 4.74 Å². The van der Waals surface area contributed by atoms with Gasteiger partial charge in [0.15, 0.2) is 0 Å². The second-order valence-corrected chi connectivity index (χ2v) is 9.89. The van der Waals surface area contributed by atoms with Crippen molar-refractivity contribution in [1.29, 1.82) is 0 Å². The summed E-state index contributed by atoms with van der Waals surface area (Å²) in [6, 6.07) is 13.9. The molecule has 0 radical (unpaired) electrons. The Morgan fingerprint density at radius 3 is 2.64 bits per heavy atom. The summed E-state index contributed by atoms with van der Waals surface area (Å²) in [6.07, 6.45) is 2.15. The highest BCUT2D eigenvalue weighted by Gasteiger charge is 2.20. The monoisotopic (exact) mass is 457 g/mol. The number of nitrogens with zero attached hydrogens (tertiary/aromatic N) is 2. The van der Waals surface area contributed by atoms with Crippen molar-refractivity contribution in [2.45, 2.75) is 12.8 Å². The molecule has 168 valence electrons. The Kier molecular flexibility index (Phi) is 6.47. The zero-order chi connectivity index (χ0) is 22.8. The van der Waals surface area contributed by atoms with Crippen LogP contribution in [0.5, 0.6) is 5.75 Å². The van der Waals surface area contributed by atoms with Crippen LogP contribution in [0, 0.1) is 0 Å². The molecule has 0 amide bonds. The van der Waals surface area contributed by atoms with Gasteiger partial charge in [-0.15, -0.1) is 11.3 Å². The summed E-state index contributed by atoms with van der Waals surface area (Å²) in [5, 5.41) is 4.65. The Morgan fingerprint density at radius 1 is 0.970 bits per heavy atom. The van der Waals surface area contributed by atoms with Gasteiger partial charge in [-0.25, -0.2) is 0 Å². The third kappa shape index (κ3) is 4.82. The Labute approximate surface area is 200 Å². The van der Waals surface area contributed by atoms with Crippen LogP contribution in [0.2, 0.25) is 0 Å². The molecule has 0 aliphatic carbocycles. The molecule has 3 heterocycles. The van der Waals surface area contributed by atoms with Crippen molar-refractivity contribution >= 4 is 64.6 Å². The first kappa shape index (κ1) is 22.1. The Bertz CT molecular complexity index is 1330. The second kappa shape index (κ2) is 9.65. The number of thiophene rings is 1. The zero-order valence-electron chi connectivity index (χ0n) is 19.4. The highest BCUT2D eigenvalue weighted by atomic mass is 32.1. The summed E-state index contributed by atoms with van der Waals surface area (Å²) < 4.78 is 7.35.